The van der Waals surface area contributed by atoms with Crippen molar-refractivity contribution in [1.29, 1.82) is 0 Å². The fraction of sp³-hybridized carbons (Fsp3) is 0.294. The summed E-state index contributed by atoms with van der Waals surface area (Å²) >= 11 is 1.83. The van der Waals surface area contributed by atoms with Crippen molar-refractivity contribution in [2.45, 2.75) is 36.8 Å². The number of thioether (sulfide) groups is 1. The molecule has 2 heteroatoms. The summed E-state index contributed by atoms with van der Waals surface area (Å²) in [5.74, 6) is 1.00. The van der Waals surface area contributed by atoms with Crippen molar-refractivity contribution in [3.05, 3.63) is 58.7 Å². The maximum atomic E-state index is 6.12. The van der Waals surface area contributed by atoms with E-state index in [4.69, 9.17) is 5.73 Å². The van der Waals surface area contributed by atoms with Crippen LogP contribution in [0, 0.1) is 6.92 Å². The highest BCUT2D eigenvalue weighted by Crippen LogP contribution is 2.31. The molecule has 0 heterocycles. The van der Waals surface area contributed by atoms with Gasteiger partial charge in [-0.15, -0.1) is 11.8 Å². The molecule has 0 unspecified atom stereocenters. The van der Waals surface area contributed by atoms with Crippen molar-refractivity contribution in [1.82, 2.24) is 0 Å². The Balaban J connectivity index is 1.74. The van der Waals surface area contributed by atoms with Crippen molar-refractivity contribution < 1.29 is 0 Å². The van der Waals surface area contributed by atoms with Gasteiger partial charge >= 0.3 is 0 Å². The first-order chi connectivity index (χ1) is 9.24. The van der Waals surface area contributed by atoms with E-state index in [9.17, 15) is 0 Å². The van der Waals surface area contributed by atoms with Crippen LogP contribution in [0.2, 0.25) is 0 Å². The standard InChI is InChI=1S/C17H19NS/c1-12-4-2-7-16(17(12)18)19-11-13-8-9-14-5-3-6-15(14)10-13/h2,4,7-10H,3,5-6,11,18H2,1H3. The summed E-state index contributed by atoms with van der Waals surface area (Å²) in [6, 6.07) is 13.2. The van der Waals surface area contributed by atoms with Gasteiger partial charge in [-0.1, -0.05) is 30.3 Å². The molecule has 98 valence electrons. The van der Waals surface area contributed by atoms with Crippen molar-refractivity contribution in [3.63, 3.8) is 0 Å². The van der Waals surface area contributed by atoms with Gasteiger partial charge in [0.1, 0.15) is 0 Å². The molecule has 2 N–H and O–H groups in total. The predicted molar refractivity (Wildman–Crippen MR) is 83.6 cm³/mol. The van der Waals surface area contributed by atoms with Gasteiger partial charge in [-0.25, -0.2) is 0 Å². The first kappa shape index (κ1) is 12.6. The molecule has 19 heavy (non-hydrogen) atoms. The number of hydrogen-bond donors (Lipinski definition) is 1. The Morgan fingerprint density at radius 2 is 1.95 bits per heavy atom. The van der Waals surface area contributed by atoms with Crippen molar-refractivity contribution >= 4 is 17.4 Å². The SMILES string of the molecule is Cc1cccc(SCc2ccc3c(c2)CCC3)c1N. The number of benzene rings is 2. The average Bonchev–Trinajstić information content (AvgIpc) is 2.88. The van der Waals surface area contributed by atoms with E-state index in [-0.39, 0.29) is 0 Å². The van der Waals surface area contributed by atoms with Gasteiger partial charge < -0.3 is 5.73 Å². The molecule has 0 saturated heterocycles. The fourth-order valence-corrected chi connectivity index (χ4v) is 3.65. The number of para-hydroxylation sites is 1. The van der Waals surface area contributed by atoms with E-state index in [0.29, 0.717) is 0 Å². The summed E-state index contributed by atoms with van der Waals surface area (Å²) in [5.41, 5.74) is 12.7. The third-order valence-electron chi connectivity index (χ3n) is 3.84. The highest BCUT2D eigenvalue weighted by atomic mass is 32.2. The average molecular weight is 269 g/mol. The number of nitrogens with two attached hydrogens (primary N) is 1. The van der Waals surface area contributed by atoms with Crippen LogP contribution < -0.4 is 5.73 Å². The van der Waals surface area contributed by atoms with Crippen LogP contribution in [0.5, 0.6) is 0 Å². The molecule has 2 aromatic carbocycles. The van der Waals surface area contributed by atoms with E-state index in [2.05, 4.69) is 43.3 Å². The summed E-state index contributed by atoms with van der Waals surface area (Å²) in [7, 11) is 0. The van der Waals surface area contributed by atoms with Crippen molar-refractivity contribution in [3.8, 4) is 0 Å². The number of hydrogen-bond acceptors (Lipinski definition) is 2. The lowest BCUT2D eigenvalue weighted by atomic mass is 10.1. The van der Waals surface area contributed by atoms with Gasteiger partial charge in [-0.2, -0.15) is 0 Å². The number of aryl methyl sites for hydroxylation is 3. The third-order valence-corrected chi connectivity index (χ3v) is 4.99. The highest BCUT2D eigenvalue weighted by molar-refractivity contribution is 7.98. The zero-order chi connectivity index (χ0) is 13.2. The van der Waals surface area contributed by atoms with Crippen molar-refractivity contribution in [2.24, 2.45) is 0 Å². The van der Waals surface area contributed by atoms with Gasteiger partial charge in [-0.05, 0) is 54.5 Å². The molecular weight excluding hydrogens is 250 g/mol. The molecule has 0 saturated carbocycles. The smallest absolute Gasteiger partial charge is 0.0482 e. The summed E-state index contributed by atoms with van der Waals surface area (Å²) in [4.78, 5) is 1.19. The second-order valence-electron chi connectivity index (χ2n) is 5.23. The van der Waals surface area contributed by atoms with Gasteiger partial charge in [-0.3, -0.25) is 0 Å². The second kappa shape index (κ2) is 5.30. The Bertz CT molecular complexity index is 604. The lowest BCUT2D eigenvalue weighted by Crippen LogP contribution is -1.93. The van der Waals surface area contributed by atoms with Gasteiger partial charge in [0, 0.05) is 16.3 Å². The molecule has 0 spiro atoms. The van der Waals surface area contributed by atoms with E-state index >= 15 is 0 Å². The van der Waals surface area contributed by atoms with E-state index in [0.717, 1.165) is 11.4 Å². The molecule has 0 aliphatic heterocycles. The van der Waals surface area contributed by atoms with Gasteiger partial charge in [0.25, 0.3) is 0 Å². The summed E-state index contributed by atoms with van der Waals surface area (Å²) < 4.78 is 0. The lowest BCUT2D eigenvalue weighted by Gasteiger charge is -2.09. The van der Waals surface area contributed by atoms with Gasteiger partial charge in [0.05, 0.1) is 0 Å². The summed E-state index contributed by atoms with van der Waals surface area (Å²) in [5, 5.41) is 0. The molecule has 2 aromatic rings. The minimum atomic E-state index is 0.925. The normalized spacial score (nSPS) is 13.5. The molecule has 0 aromatic heterocycles. The monoisotopic (exact) mass is 269 g/mol. The van der Waals surface area contributed by atoms with Gasteiger partial charge in [0.15, 0.2) is 0 Å². The zero-order valence-corrected chi connectivity index (χ0v) is 12.1. The fourth-order valence-electron chi connectivity index (χ4n) is 2.66. The molecule has 1 aliphatic rings. The molecule has 0 radical (unpaired) electrons. The number of nitrogen functional groups attached to an aromatic ring is 1. The maximum absolute atomic E-state index is 6.12. The minimum Gasteiger partial charge on any atom is -0.398 e. The number of fused-ring (bicyclic) bond motifs is 1. The Kier molecular flexibility index (Phi) is 3.52. The molecule has 3 rings (SSSR count). The summed E-state index contributed by atoms with van der Waals surface area (Å²) in [6.07, 6.45) is 3.82. The quantitative estimate of drug-likeness (QED) is 0.662. The number of rotatable bonds is 3. The molecular formula is C17H19NS. The lowest BCUT2D eigenvalue weighted by molar-refractivity contribution is 0.911. The third kappa shape index (κ3) is 2.64. The molecule has 0 amide bonds. The van der Waals surface area contributed by atoms with E-state index < -0.39 is 0 Å². The highest BCUT2D eigenvalue weighted by Gasteiger charge is 2.11. The largest absolute Gasteiger partial charge is 0.398 e. The Labute approximate surface area is 119 Å². The molecule has 1 aliphatic carbocycles. The van der Waals surface area contributed by atoms with Crippen LogP contribution in [0.15, 0.2) is 41.3 Å². The second-order valence-corrected chi connectivity index (χ2v) is 6.25. The van der Waals surface area contributed by atoms with Crippen LogP contribution in [0.25, 0.3) is 0 Å². The Morgan fingerprint density at radius 3 is 2.84 bits per heavy atom. The maximum Gasteiger partial charge on any atom is 0.0482 e. The van der Waals surface area contributed by atoms with Crippen LogP contribution in [0.4, 0.5) is 5.69 Å². The van der Waals surface area contributed by atoms with Crippen LogP contribution in [-0.2, 0) is 18.6 Å². The first-order valence-electron chi connectivity index (χ1n) is 6.82. The zero-order valence-electron chi connectivity index (χ0n) is 11.3. The topological polar surface area (TPSA) is 26.0 Å². The predicted octanol–water partition coefficient (Wildman–Crippen LogP) is 4.36. The van der Waals surface area contributed by atoms with E-state index in [1.807, 2.05) is 11.8 Å². The molecule has 0 fully saturated rings. The van der Waals surface area contributed by atoms with Crippen LogP contribution >= 0.6 is 11.8 Å². The number of anilines is 1. The molecule has 0 bridgehead atoms. The minimum absolute atomic E-state index is 0.925. The molecule has 0 atom stereocenters. The van der Waals surface area contributed by atoms with E-state index in [1.165, 1.54) is 35.3 Å². The first-order valence-corrected chi connectivity index (χ1v) is 7.81. The van der Waals surface area contributed by atoms with Crippen LogP contribution in [-0.4, -0.2) is 0 Å². The van der Waals surface area contributed by atoms with Gasteiger partial charge in [0.2, 0.25) is 0 Å². The van der Waals surface area contributed by atoms with Crippen LogP contribution in [0.1, 0.15) is 28.7 Å². The Hall–Kier alpha value is -1.41. The van der Waals surface area contributed by atoms with E-state index in [1.54, 1.807) is 11.1 Å². The van der Waals surface area contributed by atoms with Crippen molar-refractivity contribution in [2.75, 3.05) is 5.73 Å². The molecule has 1 nitrogen and oxygen atoms in total. The summed E-state index contributed by atoms with van der Waals surface area (Å²) in [6.45, 7) is 2.06. The Morgan fingerprint density at radius 1 is 1.11 bits per heavy atom. The van der Waals surface area contributed by atoms with Crippen LogP contribution in [0.3, 0.4) is 0 Å².